The van der Waals surface area contributed by atoms with Crippen LogP contribution in [0.25, 0.3) is 0 Å². The number of hydrogen-bond donors (Lipinski definition) is 1. The fraction of sp³-hybridized carbons (Fsp3) is 1.00. The number of rotatable bonds is 6. The summed E-state index contributed by atoms with van der Waals surface area (Å²) in [4.78, 5) is 0. The van der Waals surface area contributed by atoms with Crippen LogP contribution in [0.1, 0.15) is 20.3 Å². The minimum Gasteiger partial charge on any atom is -0.383 e. The average molecular weight is 180 g/mol. The second-order valence-corrected chi connectivity index (χ2v) is 3.23. The van der Waals surface area contributed by atoms with Crippen molar-refractivity contribution in [3.8, 4) is 0 Å². The number of ether oxygens (including phenoxy) is 1. The molecule has 0 radical (unpaired) electrons. The van der Waals surface area contributed by atoms with Crippen molar-refractivity contribution >= 4 is 11.6 Å². The predicted molar refractivity (Wildman–Crippen MR) is 49.3 cm³/mol. The average Bonchev–Trinajstić information content (AvgIpc) is 2.05. The molecule has 1 atom stereocenters. The van der Waals surface area contributed by atoms with Crippen LogP contribution >= 0.6 is 11.6 Å². The highest BCUT2D eigenvalue weighted by molar-refractivity contribution is 6.18. The summed E-state index contributed by atoms with van der Waals surface area (Å²) in [5, 5.41) is 3.34. The van der Waals surface area contributed by atoms with Gasteiger partial charge in [0.05, 0.1) is 6.61 Å². The van der Waals surface area contributed by atoms with Gasteiger partial charge in [-0.2, -0.15) is 0 Å². The van der Waals surface area contributed by atoms with Crippen LogP contribution in [0, 0.1) is 0 Å². The Hall–Kier alpha value is 0.210. The Kier molecular flexibility index (Phi) is 5.92. The summed E-state index contributed by atoms with van der Waals surface area (Å²) in [5.41, 5.74) is 0.0695. The van der Waals surface area contributed by atoms with Gasteiger partial charge in [0.15, 0.2) is 0 Å². The normalized spacial score (nSPS) is 16.4. The van der Waals surface area contributed by atoms with Crippen LogP contribution in [0.5, 0.6) is 0 Å². The Morgan fingerprint density at radius 2 is 2.18 bits per heavy atom. The number of hydrogen-bond acceptors (Lipinski definition) is 2. The molecule has 0 saturated carbocycles. The molecule has 0 aliphatic carbocycles. The SMILES string of the molecule is CCC(C)(CCl)NCCOC. The number of methoxy groups -OCH3 is 1. The largest absolute Gasteiger partial charge is 0.383 e. The second kappa shape index (κ2) is 5.81. The summed E-state index contributed by atoms with van der Waals surface area (Å²) in [7, 11) is 1.70. The zero-order valence-electron chi connectivity index (χ0n) is 7.61. The fourth-order valence-corrected chi connectivity index (χ4v) is 1.01. The van der Waals surface area contributed by atoms with Crippen LogP contribution < -0.4 is 5.32 Å². The van der Waals surface area contributed by atoms with Gasteiger partial charge in [-0.15, -0.1) is 11.6 Å². The van der Waals surface area contributed by atoms with Crippen molar-refractivity contribution in [1.82, 2.24) is 5.32 Å². The predicted octanol–water partition coefficient (Wildman–Crippen LogP) is 1.63. The molecule has 1 N–H and O–H groups in total. The molecule has 0 aliphatic heterocycles. The molecule has 0 saturated heterocycles. The lowest BCUT2D eigenvalue weighted by molar-refractivity contribution is 0.188. The van der Waals surface area contributed by atoms with Gasteiger partial charge in [0.2, 0.25) is 0 Å². The Bertz CT molecular complexity index is 94.1. The van der Waals surface area contributed by atoms with Crippen LogP contribution in [0.3, 0.4) is 0 Å². The van der Waals surface area contributed by atoms with E-state index < -0.39 is 0 Å². The van der Waals surface area contributed by atoms with E-state index in [0.717, 1.165) is 19.6 Å². The molecule has 1 unspecified atom stereocenters. The molecule has 0 spiro atoms. The maximum absolute atomic E-state index is 5.78. The van der Waals surface area contributed by atoms with E-state index in [1.54, 1.807) is 7.11 Å². The molecular weight excluding hydrogens is 162 g/mol. The summed E-state index contributed by atoms with van der Waals surface area (Å²) in [6.07, 6.45) is 1.04. The number of nitrogens with one attached hydrogen (secondary N) is 1. The maximum atomic E-state index is 5.78. The molecule has 0 aromatic rings. The molecule has 0 aromatic carbocycles. The highest BCUT2D eigenvalue weighted by Crippen LogP contribution is 2.10. The van der Waals surface area contributed by atoms with Crippen LogP contribution in [-0.2, 0) is 4.74 Å². The third-order valence-corrected chi connectivity index (χ3v) is 2.52. The molecule has 0 bridgehead atoms. The van der Waals surface area contributed by atoms with Crippen LogP contribution in [0.2, 0.25) is 0 Å². The molecule has 0 aromatic heterocycles. The van der Waals surface area contributed by atoms with E-state index in [1.165, 1.54) is 0 Å². The summed E-state index contributed by atoms with van der Waals surface area (Å²) >= 11 is 5.78. The van der Waals surface area contributed by atoms with E-state index in [-0.39, 0.29) is 5.54 Å². The standard InChI is InChI=1S/C8H18ClNO/c1-4-8(2,7-9)10-5-6-11-3/h10H,4-7H2,1-3H3. The van der Waals surface area contributed by atoms with E-state index in [4.69, 9.17) is 16.3 Å². The Morgan fingerprint density at radius 1 is 1.55 bits per heavy atom. The van der Waals surface area contributed by atoms with Gasteiger partial charge in [-0.05, 0) is 13.3 Å². The third-order valence-electron chi connectivity index (χ3n) is 1.93. The zero-order chi connectivity index (χ0) is 8.74. The first-order valence-corrected chi connectivity index (χ1v) is 4.52. The zero-order valence-corrected chi connectivity index (χ0v) is 8.37. The van der Waals surface area contributed by atoms with Gasteiger partial charge in [-0.1, -0.05) is 6.92 Å². The molecule has 0 aliphatic rings. The molecule has 68 valence electrons. The van der Waals surface area contributed by atoms with E-state index in [9.17, 15) is 0 Å². The van der Waals surface area contributed by atoms with Crippen molar-refractivity contribution in [2.75, 3.05) is 26.1 Å². The van der Waals surface area contributed by atoms with Gasteiger partial charge in [-0.3, -0.25) is 0 Å². The summed E-state index contributed by atoms with van der Waals surface area (Å²) < 4.78 is 4.92. The van der Waals surface area contributed by atoms with E-state index in [1.807, 2.05) is 0 Å². The lowest BCUT2D eigenvalue weighted by Crippen LogP contribution is -2.44. The lowest BCUT2D eigenvalue weighted by atomic mass is 10.0. The molecule has 0 fully saturated rings. The van der Waals surface area contributed by atoms with Crippen molar-refractivity contribution < 1.29 is 4.74 Å². The van der Waals surface area contributed by atoms with Gasteiger partial charge in [0.25, 0.3) is 0 Å². The topological polar surface area (TPSA) is 21.3 Å². The Morgan fingerprint density at radius 3 is 2.55 bits per heavy atom. The summed E-state index contributed by atoms with van der Waals surface area (Å²) in [6, 6.07) is 0. The van der Waals surface area contributed by atoms with E-state index in [2.05, 4.69) is 19.2 Å². The summed E-state index contributed by atoms with van der Waals surface area (Å²) in [6.45, 7) is 5.86. The first-order valence-electron chi connectivity index (χ1n) is 3.98. The van der Waals surface area contributed by atoms with Gasteiger partial charge in [0, 0.05) is 25.1 Å². The Labute approximate surface area is 74.3 Å². The highest BCUT2D eigenvalue weighted by atomic mass is 35.5. The monoisotopic (exact) mass is 179 g/mol. The molecule has 0 rings (SSSR count). The van der Waals surface area contributed by atoms with Crippen molar-refractivity contribution in [3.05, 3.63) is 0 Å². The minimum absolute atomic E-state index is 0.0695. The third kappa shape index (κ3) is 4.62. The van der Waals surface area contributed by atoms with Crippen LogP contribution in [0.15, 0.2) is 0 Å². The van der Waals surface area contributed by atoms with Gasteiger partial charge < -0.3 is 10.1 Å². The van der Waals surface area contributed by atoms with E-state index >= 15 is 0 Å². The molecule has 3 heteroatoms. The second-order valence-electron chi connectivity index (χ2n) is 2.97. The summed E-state index contributed by atoms with van der Waals surface area (Å²) in [5.74, 6) is 0.646. The smallest absolute Gasteiger partial charge is 0.0587 e. The van der Waals surface area contributed by atoms with Crippen LogP contribution in [-0.4, -0.2) is 31.7 Å². The highest BCUT2D eigenvalue weighted by Gasteiger charge is 2.18. The lowest BCUT2D eigenvalue weighted by Gasteiger charge is -2.26. The van der Waals surface area contributed by atoms with Gasteiger partial charge in [-0.25, -0.2) is 0 Å². The first kappa shape index (κ1) is 11.2. The molecule has 11 heavy (non-hydrogen) atoms. The fourth-order valence-electron chi connectivity index (χ4n) is 0.722. The quantitative estimate of drug-likeness (QED) is 0.495. The van der Waals surface area contributed by atoms with Crippen molar-refractivity contribution in [1.29, 1.82) is 0 Å². The van der Waals surface area contributed by atoms with Crippen LogP contribution in [0.4, 0.5) is 0 Å². The van der Waals surface area contributed by atoms with Crippen molar-refractivity contribution in [2.24, 2.45) is 0 Å². The molecular formula is C8H18ClNO. The minimum atomic E-state index is 0.0695. The van der Waals surface area contributed by atoms with Gasteiger partial charge >= 0.3 is 0 Å². The number of alkyl halides is 1. The maximum Gasteiger partial charge on any atom is 0.0587 e. The molecule has 0 heterocycles. The number of halogens is 1. The first-order chi connectivity index (χ1) is 5.18. The van der Waals surface area contributed by atoms with Gasteiger partial charge in [0.1, 0.15) is 0 Å². The van der Waals surface area contributed by atoms with E-state index in [0.29, 0.717) is 5.88 Å². The Balaban J connectivity index is 3.51. The molecule has 0 amide bonds. The van der Waals surface area contributed by atoms with Crippen molar-refractivity contribution in [2.45, 2.75) is 25.8 Å². The molecule has 2 nitrogen and oxygen atoms in total. The van der Waals surface area contributed by atoms with Crippen molar-refractivity contribution in [3.63, 3.8) is 0 Å².